The van der Waals surface area contributed by atoms with E-state index in [1.54, 1.807) is 11.5 Å². The number of nitrogens with two attached hydrogens (primary N) is 1. The SMILES string of the molecule is CCCCCCCCCCCCCCCC[C@H](CPP(=O)(O)CO[C@H](C)Cn1cnc2c(N)ncnc21)NC(=O)C(F)(F)F. The molecule has 0 aromatic carbocycles. The summed E-state index contributed by atoms with van der Waals surface area (Å²) >= 11 is 0. The summed E-state index contributed by atoms with van der Waals surface area (Å²) in [6.45, 7) is 4.24. The number of hydrogen-bond donors (Lipinski definition) is 3. The van der Waals surface area contributed by atoms with Gasteiger partial charge in [0.25, 0.3) is 0 Å². The molecule has 4 N–H and O–H groups in total. The van der Waals surface area contributed by atoms with Crippen molar-refractivity contribution in [2.24, 2.45) is 0 Å². The number of carbonyl (C=O) groups is 1. The Balaban J connectivity index is 1.69. The van der Waals surface area contributed by atoms with Crippen LogP contribution in [0, 0.1) is 0 Å². The molecule has 0 saturated heterocycles. The predicted octanol–water partition coefficient (Wildman–Crippen LogP) is 7.55. The number of alkyl halides is 3. The number of nitrogens with zero attached hydrogens (tertiary/aromatic N) is 4. The van der Waals surface area contributed by atoms with Crippen molar-refractivity contribution >= 4 is 38.2 Å². The van der Waals surface area contributed by atoms with Crippen molar-refractivity contribution in [1.82, 2.24) is 24.8 Å². The number of halogens is 3. The first-order valence-corrected chi connectivity index (χ1v) is 19.8. The van der Waals surface area contributed by atoms with E-state index in [1.165, 1.54) is 70.4 Å². The average Bonchev–Trinajstić information content (AvgIpc) is 3.38. The highest BCUT2D eigenvalue weighted by Crippen LogP contribution is 2.60. The number of fused-ring (bicyclic) bond motifs is 1. The quantitative estimate of drug-likeness (QED) is 0.0769. The Labute approximate surface area is 261 Å². The second-order valence-electron chi connectivity index (χ2n) is 11.6. The molecule has 0 saturated carbocycles. The number of nitrogen functional groups attached to an aromatic ring is 1. The molecule has 0 bridgehead atoms. The van der Waals surface area contributed by atoms with Crippen molar-refractivity contribution in [2.75, 3.05) is 18.2 Å². The molecular weight excluding hydrogens is 615 g/mol. The molecule has 2 rings (SSSR count). The van der Waals surface area contributed by atoms with Gasteiger partial charge in [-0.2, -0.15) is 13.2 Å². The summed E-state index contributed by atoms with van der Waals surface area (Å²) in [5.41, 5.74) is 6.75. The van der Waals surface area contributed by atoms with E-state index in [2.05, 4.69) is 21.9 Å². The van der Waals surface area contributed by atoms with Gasteiger partial charge in [0.1, 0.15) is 18.2 Å². The third-order valence-electron chi connectivity index (χ3n) is 7.50. The number of unbranched alkanes of at least 4 members (excludes halogenated alkanes) is 13. The van der Waals surface area contributed by atoms with E-state index in [9.17, 15) is 27.4 Å². The van der Waals surface area contributed by atoms with Crippen molar-refractivity contribution in [1.29, 1.82) is 0 Å². The first kappa shape index (κ1) is 38.4. The normalized spacial score (nSPS) is 15.1. The smallest absolute Gasteiger partial charge is 0.382 e. The van der Waals surface area contributed by atoms with E-state index in [-0.39, 0.29) is 12.0 Å². The molecule has 2 heterocycles. The maximum absolute atomic E-state index is 12.9. The molecule has 4 atom stereocenters. The standard InChI is InChI=1S/C29H51F3N6O4P2/c1-3-4-5-6-7-8-9-10-11-12-13-14-15-16-17-24(37-28(39)29(30,31)32)19-43-44(40,41)22-42-23(2)18-38-21-36-25-26(33)34-20-35-27(25)38/h20-21,23-24,43H,3-19,22H2,1-2H3,(H,37,39)(H,40,41)(H2,33,34,35)/t23-,24-/m1/s1. The lowest BCUT2D eigenvalue weighted by molar-refractivity contribution is -0.174. The van der Waals surface area contributed by atoms with Gasteiger partial charge >= 0.3 is 12.1 Å². The Morgan fingerprint density at radius 1 is 1.02 bits per heavy atom. The Morgan fingerprint density at radius 3 is 2.16 bits per heavy atom. The van der Waals surface area contributed by atoms with E-state index in [0.29, 0.717) is 30.6 Å². The molecule has 2 aromatic heterocycles. The number of hydrogen-bond acceptors (Lipinski definition) is 7. The van der Waals surface area contributed by atoms with E-state index in [1.807, 2.05) is 5.32 Å². The molecule has 0 radical (unpaired) electrons. The maximum Gasteiger partial charge on any atom is 0.471 e. The molecule has 252 valence electrons. The monoisotopic (exact) mass is 666 g/mol. The highest BCUT2D eigenvalue weighted by molar-refractivity contribution is 8.22. The van der Waals surface area contributed by atoms with Crippen LogP contribution in [0.15, 0.2) is 12.7 Å². The number of anilines is 1. The van der Waals surface area contributed by atoms with Crippen LogP contribution in [0.25, 0.3) is 11.2 Å². The first-order chi connectivity index (χ1) is 20.9. The summed E-state index contributed by atoms with van der Waals surface area (Å²) in [5, 5.41) is 2.03. The fourth-order valence-electron chi connectivity index (χ4n) is 4.97. The molecule has 0 aliphatic carbocycles. The summed E-state index contributed by atoms with van der Waals surface area (Å²) in [5.74, 6) is -1.78. The molecule has 0 spiro atoms. The Hall–Kier alpha value is -1.81. The van der Waals surface area contributed by atoms with E-state index in [4.69, 9.17) is 10.5 Å². The molecule has 10 nitrogen and oxygen atoms in total. The van der Waals surface area contributed by atoms with Crippen LogP contribution in [-0.4, -0.2) is 61.2 Å². The first-order valence-electron chi connectivity index (χ1n) is 15.9. The molecule has 44 heavy (non-hydrogen) atoms. The van der Waals surface area contributed by atoms with Gasteiger partial charge in [-0.1, -0.05) is 96.8 Å². The minimum atomic E-state index is -5.01. The van der Waals surface area contributed by atoms with Crippen LogP contribution in [0.5, 0.6) is 0 Å². The third-order valence-corrected chi connectivity index (χ3v) is 11.6. The Morgan fingerprint density at radius 2 is 1.59 bits per heavy atom. The zero-order valence-electron chi connectivity index (χ0n) is 26.2. The summed E-state index contributed by atoms with van der Waals surface area (Å²) in [4.78, 5) is 34.3. The molecule has 0 aliphatic heterocycles. The van der Waals surface area contributed by atoms with Gasteiger partial charge in [-0.15, -0.1) is 0 Å². The topological polar surface area (TPSA) is 145 Å². The zero-order chi connectivity index (χ0) is 32.4. The highest BCUT2D eigenvalue weighted by atomic mass is 32.1. The zero-order valence-corrected chi connectivity index (χ0v) is 28.1. The van der Waals surface area contributed by atoms with Crippen molar-refractivity contribution in [3.63, 3.8) is 0 Å². The van der Waals surface area contributed by atoms with Crippen LogP contribution < -0.4 is 11.1 Å². The molecule has 1 amide bonds. The number of imidazole rings is 1. The fourth-order valence-corrected chi connectivity index (χ4v) is 8.34. The molecule has 15 heteroatoms. The lowest BCUT2D eigenvalue weighted by Crippen LogP contribution is -2.44. The van der Waals surface area contributed by atoms with Crippen LogP contribution in [0.2, 0.25) is 0 Å². The summed E-state index contributed by atoms with van der Waals surface area (Å²) in [6.07, 6.45) is 13.5. The van der Waals surface area contributed by atoms with Gasteiger partial charge in [-0.05, 0) is 27.8 Å². The maximum atomic E-state index is 12.9. The lowest BCUT2D eigenvalue weighted by Gasteiger charge is -2.22. The largest absolute Gasteiger partial charge is 0.471 e. The number of aromatic nitrogens is 4. The van der Waals surface area contributed by atoms with Crippen LogP contribution in [0.3, 0.4) is 0 Å². The second-order valence-corrected chi connectivity index (χ2v) is 17.0. The van der Waals surface area contributed by atoms with Crippen LogP contribution in [0.4, 0.5) is 19.0 Å². The average molecular weight is 667 g/mol. The van der Waals surface area contributed by atoms with Crippen molar-refractivity contribution in [2.45, 2.75) is 135 Å². The van der Waals surface area contributed by atoms with Crippen LogP contribution in [0.1, 0.15) is 110 Å². The van der Waals surface area contributed by atoms with Crippen LogP contribution >= 0.6 is 15.3 Å². The Bertz CT molecular complexity index is 1150. The number of rotatable bonds is 24. The summed E-state index contributed by atoms with van der Waals surface area (Å²) in [7, 11) is -4.36. The van der Waals surface area contributed by atoms with E-state index < -0.39 is 45.9 Å². The fraction of sp³-hybridized carbons (Fsp3) is 0.793. The Kier molecular flexibility index (Phi) is 17.7. The van der Waals surface area contributed by atoms with Gasteiger partial charge in [-0.3, -0.25) is 9.36 Å². The predicted molar refractivity (Wildman–Crippen MR) is 171 cm³/mol. The lowest BCUT2D eigenvalue weighted by atomic mass is 10.0. The van der Waals surface area contributed by atoms with Gasteiger partial charge in [0.05, 0.1) is 19.0 Å². The third kappa shape index (κ3) is 15.5. The van der Waals surface area contributed by atoms with Crippen molar-refractivity contribution in [3.05, 3.63) is 12.7 Å². The van der Waals surface area contributed by atoms with Gasteiger partial charge in [0, 0.05) is 6.04 Å². The van der Waals surface area contributed by atoms with Gasteiger partial charge in [0.15, 0.2) is 11.5 Å². The highest BCUT2D eigenvalue weighted by Gasteiger charge is 2.39. The van der Waals surface area contributed by atoms with Gasteiger partial charge in [0.2, 0.25) is 7.06 Å². The van der Waals surface area contributed by atoms with Crippen LogP contribution in [-0.2, 0) is 20.6 Å². The minimum Gasteiger partial charge on any atom is -0.382 e. The molecule has 0 fully saturated rings. The summed E-state index contributed by atoms with van der Waals surface area (Å²) < 4.78 is 58.9. The second kappa shape index (κ2) is 20.3. The van der Waals surface area contributed by atoms with Crippen molar-refractivity contribution < 1.29 is 32.2 Å². The molecule has 2 aromatic rings. The van der Waals surface area contributed by atoms with Crippen molar-refractivity contribution in [3.8, 4) is 0 Å². The van der Waals surface area contributed by atoms with Gasteiger partial charge < -0.3 is 25.2 Å². The number of nitrogens with one attached hydrogen (secondary N) is 1. The number of carbonyl (C=O) groups excluding carboxylic acids is 1. The number of ether oxygens (including phenoxy) is 1. The molecule has 2 unspecified atom stereocenters. The summed E-state index contributed by atoms with van der Waals surface area (Å²) in [6, 6.07) is -0.833. The number of amides is 1. The van der Waals surface area contributed by atoms with E-state index >= 15 is 0 Å². The van der Waals surface area contributed by atoms with E-state index in [0.717, 1.165) is 25.7 Å². The minimum absolute atomic E-state index is 0.0197. The molecule has 0 aliphatic rings. The van der Waals surface area contributed by atoms with Gasteiger partial charge in [-0.25, -0.2) is 15.0 Å². The molecular formula is C29H51F3N6O4P2.